The number of piperidine rings is 1. The van der Waals surface area contributed by atoms with Gasteiger partial charge in [0.15, 0.2) is 11.5 Å². The number of rotatable bonds is 7. The van der Waals surface area contributed by atoms with Gasteiger partial charge in [-0.2, -0.15) is 10.2 Å². The number of ether oxygens (including phenoxy) is 2. The summed E-state index contributed by atoms with van der Waals surface area (Å²) in [6, 6.07) is 5.72. The van der Waals surface area contributed by atoms with E-state index in [1.54, 1.807) is 19.4 Å². The van der Waals surface area contributed by atoms with E-state index in [9.17, 15) is 4.79 Å². The number of amides is 1. The van der Waals surface area contributed by atoms with Crippen LogP contribution in [0.2, 0.25) is 0 Å². The lowest BCUT2D eigenvalue weighted by molar-refractivity contribution is 0.0705. The molecule has 29 heavy (non-hydrogen) atoms. The van der Waals surface area contributed by atoms with Gasteiger partial charge in [0.1, 0.15) is 5.69 Å². The summed E-state index contributed by atoms with van der Waals surface area (Å²) in [7, 11) is 1.59. The Kier molecular flexibility index (Phi) is 5.92. The predicted molar refractivity (Wildman–Crippen MR) is 108 cm³/mol. The Morgan fingerprint density at radius 3 is 2.59 bits per heavy atom. The minimum absolute atomic E-state index is 0.0683. The van der Waals surface area contributed by atoms with Gasteiger partial charge in [-0.3, -0.25) is 4.79 Å². The van der Waals surface area contributed by atoms with Crippen molar-refractivity contribution in [2.45, 2.75) is 44.9 Å². The Labute approximate surface area is 171 Å². The van der Waals surface area contributed by atoms with Crippen LogP contribution in [0.25, 0.3) is 0 Å². The van der Waals surface area contributed by atoms with Crippen molar-refractivity contribution in [2.24, 2.45) is 5.92 Å². The first-order valence-electron chi connectivity index (χ1n) is 10.4. The van der Waals surface area contributed by atoms with Gasteiger partial charge in [-0.05, 0) is 44.2 Å². The van der Waals surface area contributed by atoms with Gasteiger partial charge in [-0.1, -0.05) is 12.8 Å². The van der Waals surface area contributed by atoms with Gasteiger partial charge in [0.2, 0.25) is 0 Å². The summed E-state index contributed by atoms with van der Waals surface area (Å²) < 4.78 is 11.2. The minimum atomic E-state index is -0.0683. The van der Waals surface area contributed by atoms with Crippen LogP contribution < -0.4 is 9.47 Å². The van der Waals surface area contributed by atoms with Crippen molar-refractivity contribution in [3.63, 3.8) is 0 Å². The third-order valence-electron chi connectivity index (χ3n) is 5.77. The number of aryl methyl sites for hydroxylation is 1. The molecule has 4 rings (SSSR count). The highest BCUT2D eigenvalue weighted by Gasteiger charge is 2.27. The molecule has 0 unspecified atom stereocenters. The summed E-state index contributed by atoms with van der Waals surface area (Å²) >= 11 is 0. The number of carbonyl (C=O) groups is 1. The zero-order valence-electron chi connectivity index (χ0n) is 17.1. The molecular formula is C22H28N4O3. The molecule has 7 heteroatoms. The molecule has 1 saturated heterocycles. The van der Waals surface area contributed by atoms with Crippen molar-refractivity contribution in [1.82, 2.24) is 20.1 Å². The second-order valence-corrected chi connectivity index (χ2v) is 7.97. The fourth-order valence-electron chi connectivity index (χ4n) is 3.72. The summed E-state index contributed by atoms with van der Waals surface area (Å²) in [4.78, 5) is 19.1. The first-order chi connectivity index (χ1) is 14.1. The first kappa shape index (κ1) is 19.6. The van der Waals surface area contributed by atoms with Gasteiger partial charge in [-0.25, -0.2) is 4.98 Å². The maximum atomic E-state index is 12.9. The van der Waals surface area contributed by atoms with Crippen LogP contribution in [0.1, 0.15) is 59.9 Å². The van der Waals surface area contributed by atoms with E-state index in [1.807, 2.05) is 24.0 Å². The molecule has 1 amide bonds. The number of hydrogen-bond donors (Lipinski definition) is 0. The van der Waals surface area contributed by atoms with Gasteiger partial charge in [0, 0.05) is 25.1 Å². The van der Waals surface area contributed by atoms with Crippen molar-refractivity contribution in [2.75, 3.05) is 26.8 Å². The fourth-order valence-corrected chi connectivity index (χ4v) is 3.72. The molecule has 0 radical (unpaired) electrons. The van der Waals surface area contributed by atoms with Crippen molar-refractivity contribution >= 4 is 5.91 Å². The Morgan fingerprint density at radius 1 is 1.14 bits per heavy atom. The molecule has 2 aromatic heterocycles. The third kappa shape index (κ3) is 4.83. The summed E-state index contributed by atoms with van der Waals surface area (Å²) in [5, 5.41) is 8.46. The highest BCUT2D eigenvalue weighted by molar-refractivity contribution is 5.93. The zero-order chi connectivity index (χ0) is 20.2. The number of methoxy groups -OCH3 is 1. The van der Waals surface area contributed by atoms with Crippen LogP contribution >= 0.6 is 0 Å². The van der Waals surface area contributed by atoms with E-state index in [0.717, 1.165) is 36.6 Å². The van der Waals surface area contributed by atoms with Gasteiger partial charge >= 0.3 is 0 Å². The van der Waals surface area contributed by atoms with Gasteiger partial charge in [0.05, 0.1) is 31.3 Å². The maximum absolute atomic E-state index is 12.9. The molecule has 0 atom stereocenters. The van der Waals surface area contributed by atoms with E-state index in [4.69, 9.17) is 9.47 Å². The predicted octanol–water partition coefficient (Wildman–Crippen LogP) is 3.39. The Balaban J connectivity index is 1.35. The van der Waals surface area contributed by atoms with Crippen LogP contribution in [0, 0.1) is 12.8 Å². The number of nitrogens with zero attached hydrogens (tertiary/aromatic N) is 4. The van der Waals surface area contributed by atoms with E-state index in [0.29, 0.717) is 42.8 Å². The highest BCUT2D eigenvalue weighted by atomic mass is 16.5. The summed E-state index contributed by atoms with van der Waals surface area (Å²) in [6.07, 6.45) is 7.03. The number of hydrogen-bond acceptors (Lipinski definition) is 6. The Morgan fingerprint density at radius 2 is 1.93 bits per heavy atom. The van der Waals surface area contributed by atoms with Crippen molar-refractivity contribution in [1.29, 1.82) is 0 Å². The SMILES string of the molecule is COc1cc(C(=O)N2CCC(c3ccc(C)nn3)CC2)ncc1OCCC1CC1. The van der Waals surface area contributed by atoms with E-state index in [2.05, 4.69) is 15.2 Å². The van der Waals surface area contributed by atoms with E-state index >= 15 is 0 Å². The first-order valence-corrected chi connectivity index (χ1v) is 10.4. The lowest BCUT2D eigenvalue weighted by atomic mass is 9.93. The average molecular weight is 396 g/mol. The number of carbonyl (C=O) groups excluding carboxylic acids is 1. The standard InChI is InChI=1S/C22H28N4O3/c1-15-3-6-18(25-24-15)17-7-10-26(11-8-17)22(27)19-13-20(28-2)21(14-23-19)29-12-9-16-4-5-16/h3,6,13-14,16-17H,4-5,7-12H2,1-2H3. The second kappa shape index (κ2) is 8.76. The van der Waals surface area contributed by atoms with E-state index in [-0.39, 0.29) is 5.91 Å². The molecule has 0 spiro atoms. The van der Waals surface area contributed by atoms with Crippen molar-refractivity contribution in [3.8, 4) is 11.5 Å². The van der Waals surface area contributed by atoms with Crippen molar-refractivity contribution in [3.05, 3.63) is 41.5 Å². The molecule has 0 aromatic carbocycles. The third-order valence-corrected chi connectivity index (χ3v) is 5.77. The molecule has 1 aliphatic heterocycles. The number of likely N-dealkylation sites (tertiary alicyclic amines) is 1. The molecular weight excluding hydrogens is 368 g/mol. The lowest BCUT2D eigenvalue weighted by Gasteiger charge is -2.31. The Hall–Kier alpha value is -2.70. The summed E-state index contributed by atoms with van der Waals surface area (Å²) in [5.74, 6) is 2.24. The summed E-state index contributed by atoms with van der Waals surface area (Å²) in [6.45, 7) is 3.96. The molecule has 0 bridgehead atoms. The van der Waals surface area contributed by atoms with Crippen LogP contribution in [0.4, 0.5) is 0 Å². The zero-order valence-corrected chi connectivity index (χ0v) is 17.1. The molecule has 2 fully saturated rings. The number of pyridine rings is 1. The van der Waals surface area contributed by atoms with Crippen LogP contribution in [-0.2, 0) is 0 Å². The van der Waals surface area contributed by atoms with E-state index in [1.165, 1.54) is 12.8 Å². The van der Waals surface area contributed by atoms with E-state index < -0.39 is 0 Å². The summed E-state index contributed by atoms with van der Waals surface area (Å²) in [5.41, 5.74) is 2.32. The largest absolute Gasteiger partial charge is 0.493 e. The van der Waals surface area contributed by atoms with Crippen LogP contribution in [-0.4, -0.2) is 52.8 Å². The lowest BCUT2D eigenvalue weighted by Crippen LogP contribution is -2.38. The smallest absolute Gasteiger partial charge is 0.272 e. The minimum Gasteiger partial charge on any atom is -0.493 e. The molecule has 1 aliphatic carbocycles. The average Bonchev–Trinajstić information content (AvgIpc) is 3.58. The molecule has 7 nitrogen and oxygen atoms in total. The second-order valence-electron chi connectivity index (χ2n) is 7.97. The quantitative estimate of drug-likeness (QED) is 0.714. The molecule has 2 aromatic rings. The molecule has 154 valence electrons. The molecule has 1 saturated carbocycles. The number of aromatic nitrogens is 3. The van der Waals surface area contributed by atoms with Crippen LogP contribution in [0.15, 0.2) is 24.4 Å². The molecule has 3 heterocycles. The molecule has 0 N–H and O–H groups in total. The van der Waals surface area contributed by atoms with Crippen molar-refractivity contribution < 1.29 is 14.3 Å². The highest BCUT2D eigenvalue weighted by Crippen LogP contribution is 2.34. The Bertz CT molecular complexity index is 844. The van der Waals surface area contributed by atoms with Crippen LogP contribution in [0.5, 0.6) is 11.5 Å². The monoisotopic (exact) mass is 396 g/mol. The maximum Gasteiger partial charge on any atom is 0.272 e. The molecule has 2 aliphatic rings. The van der Waals surface area contributed by atoms with Crippen LogP contribution in [0.3, 0.4) is 0 Å². The topological polar surface area (TPSA) is 77.4 Å². The van der Waals surface area contributed by atoms with Gasteiger partial charge in [0.25, 0.3) is 5.91 Å². The van der Waals surface area contributed by atoms with Gasteiger partial charge < -0.3 is 14.4 Å². The normalized spacial score (nSPS) is 17.2. The van der Waals surface area contributed by atoms with Gasteiger partial charge in [-0.15, -0.1) is 0 Å². The fraction of sp³-hybridized carbons (Fsp3) is 0.545.